The summed E-state index contributed by atoms with van der Waals surface area (Å²) in [6.45, 7) is 13.4. The summed E-state index contributed by atoms with van der Waals surface area (Å²) in [7, 11) is 0. The molecular weight excluding hydrogens is 535 g/mol. The minimum atomic E-state index is -0.949. The van der Waals surface area contributed by atoms with Crippen LogP contribution in [0.4, 0.5) is 10.1 Å². The average Bonchev–Trinajstić information content (AvgIpc) is 2.90. The van der Waals surface area contributed by atoms with E-state index >= 15 is 0 Å². The van der Waals surface area contributed by atoms with Gasteiger partial charge < -0.3 is 25.0 Å². The van der Waals surface area contributed by atoms with Crippen LogP contribution in [-0.4, -0.2) is 51.6 Å². The van der Waals surface area contributed by atoms with Crippen LogP contribution in [0.5, 0.6) is 5.75 Å². The molecule has 42 heavy (non-hydrogen) atoms. The van der Waals surface area contributed by atoms with Gasteiger partial charge in [-0.3, -0.25) is 9.78 Å². The van der Waals surface area contributed by atoms with Gasteiger partial charge in [-0.15, -0.1) is 0 Å². The molecule has 4 rings (SSSR count). The number of carbonyl (C=O) groups is 1. The van der Waals surface area contributed by atoms with E-state index in [-0.39, 0.29) is 24.3 Å². The van der Waals surface area contributed by atoms with Crippen LogP contribution in [0.15, 0.2) is 48.5 Å². The molecule has 1 aromatic heterocycles. The van der Waals surface area contributed by atoms with Crippen molar-refractivity contribution in [2.45, 2.75) is 79.4 Å². The zero-order chi connectivity index (χ0) is 31.1. The lowest BCUT2D eigenvalue weighted by molar-refractivity contribution is -0.136. The summed E-state index contributed by atoms with van der Waals surface area (Å²) in [6.07, 6.45) is 2.46. The predicted molar refractivity (Wildman–Crippen MR) is 164 cm³/mol. The lowest BCUT2D eigenvalue weighted by Gasteiger charge is -2.40. The summed E-state index contributed by atoms with van der Waals surface area (Å²) in [6, 6.07) is 14.1. The van der Waals surface area contributed by atoms with Crippen LogP contribution in [0.25, 0.3) is 11.1 Å². The van der Waals surface area contributed by atoms with Gasteiger partial charge in [0.05, 0.1) is 36.6 Å². The third-order valence-corrected chi connectivity index (χ3v) is 7.16. The standard InChI is InChI=1S/C30H35FN2O4.C4H10O/c1-20-28(22-6-10-24(11-7-22)37-17-12-21-4-8-23(31)9-5-21)29(33-15-13-30(2,3)14-16-33)25(18-27(35)36)26(19-34)32-20;1-4(2,3)5/h4-11,34H,12-19H2,1-3H3,(H,35,36);5H,1-3H3. The predicted octanol–water partition coefficient (Wildman–Crippen LogP) is 6.34. The summed E-state index contributed by atoms with van der Waals surface area (Å²) < 4.78 is 19.0. The SMILES string of the molecule is CC(C)(C)O.Cc1nc(CO)c(CC(=O)O)c(N2CCC(C)(C)CC2)c1-c1ccc(OCCc2ccc(F)cc2)cc1. The van der Waals surface area contributed by atoms with Crippen molar-refractivity contribution in [2.75, 3.05) is 24.6 Å². The Hall–Kier alpha value is -3.49. The van der Waals surface area contributed by atoms with Gasteiger partial charge in [-0.1, -0.05) is 38.1 Å². The average molecular weight is 581 g/mol. The molecule has 0 spiro atoms. The van der Waals surface area contributed by atoms with E-state index in [9.17, 15) is 19.4 Å². The number of anilines is 1. The lowest BCUT2D eigenvalue weighted by atomic mass is 9.82. The van der Waals surface area contributed by atoms with Crippen molar-refractivity contribution in [2.24, 2.45) is 5.41 Å². The normalized spacial score (nSPS) is 14.6. The van der Waals surface area contributed by atoms with Gasteiger partial charge in [0.15, 0.2) is 0 Å². The number of hydrogen-bond acceptors (Lipinski definition) is 6. The first kappa shape index (κ1) is 33.0. The highest BCUT2D eigenvalue weighted by atomic mass is 19.1. The Morgan fingerprint density at radius 3 is 2.14 bits per heavy atom. The lowest BCUT2D eigenvalue weighted by Crippen LogP contribution is -2.38. The van der Waals surface area contributed by atoms with Gasteiger partial charge in [0, 0.05) is 36.3 Å². The molecule has 1 aliphatic rings. The molecule has 0 atom stereocenters. The van der Waals surface area contributed by atoms with Crippen molar-refractivity contribution >= 4 is 11.7 Å². The first-order valence-electron chi connectivity index (χ1n) is 14.5. The molecule has 0 saturated carbocycles. The van der Waals surface area contributed by atoms with Crippen LogP contribution in [0, 0.1) is 18.2 Å². The number of carboxylic acids is 1. The Morgan fingerprint density at radius 2 is 1.62 bits per heavy atom. The highest BCUT2D eigenvalue weighted by molar-refractivity contribution is 5.86. The minimum Gasteiger partial charge on any atom is -0.493 e. The van der Waals surface area contributed by atoms with E-state index < -0.39 is 11.6 Å². The Morgan fingerprint density at radius 1 is 1.05 bits per heavy atom. The fraction of sp³-hybridized carbons (Fsp3) is 0.471. The number of piperidine rings is 1. The van der Waals surface area contributed by atoms with Gasteiger partial charge in [0.1, 0.15) is 11.6 Å². The molecule has 3 aromatic rings. The number of aryl methyl sites for hydroxylation is 1. The Kier molecular flexibility index (Phi) is 11.1. The maximum Gasteiger partial charge on any atom is 0.307 e. The maximum atomic E-state index is 13.1. The molecular formula is C34H45FN2O5. The highest BCUT2D eigenvalue weighted by Gasteiger charge is 2.30. The first-order chi connectivity index (χ1) is 19.7. The fourth-order valence-electron chi connectivity index (χ4n) is 4.94. The summed E-state index contributed by atoms with van der Waals surface area (Å²) in [5.74, 6) is -0.485. The number of pyridine rings is 1. The van der Waals surface area contributed by atoms with Gasteiger partial charge in [-0.25, -0.2) is 4.39 Å². The first-order valence-corrected chi connectivity index (χ1v) is 14.5. The van der Waals surface area contributed by atoms with Crippen molar-refractivity contribution in [1.29, 1.82) is 0 Å². The molecule has 8 heteroatoms. The van der Waals surface area contributed by atoms with E-state index in [4.69, 9.17) is 9.84 Å². The van der Waals surface area contributed by atoms with Gasteiger partial charge in [0.25, 0.3) is 0 Å². The van der Waals surface area contributed by atoms with Crippen LogP contribution >= 0.6 is 0 Å². The van der Waals surface area contributed by atoms with Crippen molar-refractivity contribution in [1.82, 2.24) is 4.98 Å². The number of hydrogen-bond donors (Lipinski definition) is 3. The molecule has 7 nitrogen and oxygen atoms in total. The topological polar surface area (TPSA) is 103 Å². The third kappa shape index (κ3) is 9.81. The van der Waals surface area contributed by atoms with Crippen molar-refractivity contribution < 1.29 is 29.2 Å². The molecule has 0 radical (unpaired) electrons. The number of aliphatic hydroxyl groups excluding tert-OH is 1. The Labute approximate surface area is 249 Å². The quantitative estimate of drug-likeness (QED) is 0.271. The molecule has 1 fully saturated rings. The maximum absolute atomic E-state index is 13.1. The molecule has 228 valence electrons. The largest absolute Gasteiger partial charge is 0.493 e. The second-order valence-electron chi connectivity index (χ2n) is 12.6. The highest BCUT2D eigenvalue weighted by Crippen LogP contribution is 2.42. The van der Waals surface area contributed by atoms with E-state index in [0.29, 0.717) is 24.3 Å². The smallest absolute Gasteiger partial charge is 0.307 e. The van der Waals surface area contributed by atoms with Crippen LogP contribution in [0.2, 0.25) is 0 Å². The van der Waals surface area contributed by atoms with E-state index in [1.54, 1.807) is 32.9 Å². The van der Waals surface area contributed by atoms with Crippen molar-refractivity contribution in [3.05, 3.63) is 76.9 Å². The molecule has 1 aliphatic heterocycles. The molecule has 1 saturated heterocycles. The van der Waals surface area contributed by atoms with E-state index in [1.807, 2.05) is 31.2 Å². The molecule has 0 aliphatic carbocycles. The number of aromatic nitrogens is 1. The van der Waals surface area contributed by atoms with E-state index in [0.717, 1.165) is 59.8 Å². The number of ether oxygens (including phenoxy) is 1. The molecule has 2 heterocycles. The number of aliphatic hydroxyl groups is 2. The fourth-order valence-corrected chi connectivity index (χ4v) is 4.94. The van der Waals surface area contributed by atoms with Gasteiger partial charge in [0.2, 0.25) is 0 Å². The van der Waals surface area contributed by atoms with Gasteiger partial charge >= 0.3 is 5.97 Å². The molecule has 3 N–H and O–H groups in total. The van der Waals surface area contributed by atoms with E-state index in [2.05, 4.69) is 23.7 Å². The Balaban J connectivity index is 0.000000892. The molecule has 0 unspecified atom stereocenters. The van der Waals surface area contributed by atoms with Crippen molar-refractivity contribution in [3.8, 4) is 16.9 Å². The summed E-state index contributed by atoms with van der Waals surface area (Å²) in [5, 5.41) is 28.2. The zero-order valence-electron chi connectivity index (χ0n) is 25.7. The van der Waals surface area contributed by atoms with Crippen LogP contribution in [0.1, 0.15) is 70.0 Å². The zero-order valence-corrected chi connectivity index (χ0v) is 25.7. The number of carboxylic acid groups (broad SMARTS) is 1. The summed E-state index contributed by atoms with van der Waals surface area (Å²) >= 11 is 0. The number of nitrogens with zero attached hydrogens (tertiary/aromatic N) is 2. The molecule has 2 aromatic carbocycles. The second-order valence-corrected chi connectivity index (χ2v) is 12.6. The molecule has 0 bridgehead atoms. The van der Waals surface area contributed by atoms with Gasteiger partial charge in [-0.05, 0) is 81.3 Å². The minimum absolute atomic E-state index is 0.198. The number of benzene rings is 2. The third-order valence-electron chi connectivity index (χ3n) is 7.16. The second kappa shape index (κ2) is 14.1. The number of aliphatic carboxylic acids is 1. The van der Waals surface area contributed by atoms with Crippen molar-refractivity contribution in [3.63, 3.8) is 0 Å². The molecule has 0 amide bonds. The van der Waals surface area contributed by atoms with Crippen LogP contribution < -0.4 is 9.64 Å². The Bertz CT molecular complexity index is 1320. The summed E-state index contributed by atoms with van der Waals surface area (Å²) in [5.41, 5.74) is 5.17. The number of rotatable bonds is 9. The monoisotopic (exact) mass is 580 g/mol. The summed E-state index contributed by atoms with van der Waals surface area (Å²) in [4.78, 5) is 18.7. The van der Waals surface area contributed by atoms with Crippen LogP contribution in [0.3, 0.4) is 0 Å². The van der Waals surface area contributed by atoms with Gasteiger partial charge in [-0.2, -0.15) is 0 Å². The van der Waals surface area contributed by atoms with Crippen LogP contribution in [-0.2, 0) is 24.2 Å². The van der Waals surface area contributed by atoms with E-state index in [1.165, 1.54) is 12.1 Å². The number of halogens is 1.